The maximum absolute atomic E-state index is 12.1. The number of carbonyl (C=O) groups excluding carboxylic acids is 2. The van der Waals surface area contributed by atoms with Crippen molar-refractivity contribution in [2.24, 2.45) is 0 Å². The van der Waals surface area contributed by atoms with Crippen LogP contribution in [0.4, 0.5) is 5.69 Å². The van der Waals surface area contributed by atoms with Gasteiger partial charge in [-0.05, 0) is 12.1 Å². The summed E-state index contributed by atoms with van der Waals surface area (Å²) in [5, 5.41) is 5.98. The Morgan fingerprint density at radius 2 is 2.06 bits per heavy atom. The summed E-state index contributed by atoms with van der Waals surface area (Å²) < 4.78 is 0. The highest BCUT2D eigenvalue weighted by Gasteiger charge is 2.35. The van der Waals surface area contributed by atoms with Crippen LogP contribution in [0.2, 0.25) is 0 Å². The summed E-state index contributed by atoms with van der Waals surface area (Å²) in [7, 11) is 0. The lowest BCUT2D eigenvalue weighted by Gasteiger charge is -2.40. The average molecular weight is 217 g/mol. The summed E-state index contributed by atoms with van der Waals surface area (Å²) in [5.74, 6) is -0.181. The molecule has 5 nitrogen and oxygen atoms in total. The van der Waals surface area contributed by atoms with Gasteiger partial charge in [0.25, 0.3) is 5.91 Å². The largest absolute Gasteiger partial charge is 0.363 e. The summed E-state index contributed by atoms with van der Waals surface area (Å²) in [4.78, 5) is 24.9. The lowest BCUT2D eigenvalue weighted by atomic mass is 10.1. The van der Waals surface area contributed by atoms with Crippen LogP contribution in [0.15, 0.2) is 24.3 Å². The van der Waals surface area contributed by atoms with Gasteiger partial charge in [-0.25, -0.2) is 0 Å². The molecule has 82 valence electrons. The average Bonchev–Trinajstić information content (AvgIpc) is 2.31. The van der Waals surface area contributed by atoms with Crippen LogP contribution in [-0.4, -0.2) is 36.0 Å². The third kappa shape index (κ3) is 1.25. The Morgan fingerprint density at radius 1 is 1.25 bits per heavy atom. The molecular formula is C11H11N3O2. The zero-order valence-corrected chi connectivity index (χ0v) is 8.56. The van der Waals surface area contributed by atoms with Gasteiger partial charge >= 0.3 is 0 Å². The summed E-state index contributed by atoms with van der Waals surface area (Å²) in [5.41, 5.74) is 1.47. The molecule has 5 heteroatoms. The van der Waals surface area contributed by atoms with Crippen LogP contribution in [0.1, 0.15) is 10.4 Å². The molecule has 1 aromatic rings. The first-order chi connectivity index (χ1) is 7.75. The maximum atomic E-state index is 12.1. The second-order valence-corrected chi connectivity index (χ2v) is 3.94. The smallest absolute Gasteiger partial charge is 0.258 e. The van der Waals surface area contributed by atoms with Crippen LogP contribution < -0.4 is 10.6 Å². The zero-order valence-electron chi connectivity index (χ0n) is 8.56. The zero-order chi connectivity index (χ0) is 11.1. The molecule has 2 aliphatic heterocycles. The minimum atomic E-state index is -0.125. The third-order valence-electron chi connectivity index (χ3n) is 2.92. The predicted molar refractivity (Wildman–Crippen MR) is 57.9 cm³/mol. The van der Waals surface area contributed by atoms with E-state index in [2.05, 4.69) is 10.6 Å². The molecule has 16 heavy (non-hydrogen) atoms. The minimum Gasteiger partial charge on any atom is -0.363 e. The van der Waals surface area contributed by atoms with Gasteiger partial charge in [0.1, 0.15) is 12.7 Å². The van der Waals surface area contributed by atoms with E-state index >= 15 is 0 Å². The molecule has 1 saturated heterocycles. The minimum absolute atomic E-state index is 0.0748. The van der Waals surface area contributed by atoms with E-state index in [-0.39, 0.29) is 24.5 Å². The van der Waals surface area contributed by atoms with Gasteiger partial charge in [0.2, 0.25) is 5.91 Å². The van der Waals surface area contributed by atoms with Gasteiger partial charge in [-0.1, -0.05) is 12.1 Å². The summed E-state index contributed by atoms with van der Waals surface area (Å²) in [6.07, 6.45) is -0.125. The Labute approximate surface area is 92.4 Å². The Kier molecular flexibility index (Phi) is 1.86. The molecule has 1 fully saturated rings. The van der Waals surface area contributed by atoms with Crippen LogP contribution in [0.25, 0.3) is 0 Å². The van der Waals surface area contributed by atoms with Crippen molar-refractivity contribution in [3.8, 4) is 0 Å². The molecule has 1 aromatic carbocycles. The van der Waals surface area contributed by atoms with Gasteiger partial charge in [0, 0.05) is 5.69 Å². The molecule has 0 saturated carbocycles. The van der Waals surface area contributed by atoms with Crippen molar-refractivity contribution in [1.29, 1.82) is 0 Å². The van der Waals surface area contributed by atoms with Gasteiger partial charge in [-0.15, -0.1) is 0 Å². The molecule has 1 unspecified atom stereocenters. The number of rotatable bonds is 0. The van der Waals surface area contributed by atoms with Gasteiger partial charge in [-0.3, -0.25) is 9.59 Å². The number of para-hydroxylation sites is 1. The van der Waals surface area contributed by atoms with Gasteiger partial charge in [-0.2, -0.15) is 0 Å². The van der Waals surface area contributed by atoms with E-state index in [1.54, 1.807) is 11.0 Å². The SMILES string of the molecule is O=C1CN2C(=O)c3ccccc3NC2CN1. The fraction of sp³-hybridized carbons (Fsp3) is 0.273. The number of anilines is 1. The lowest BCUT2D eigenvalue weighted by molar-refractivity contribution is -0.124. The molecular weight excluding hydrogens is 206 g/mol. The number of benzene rings is 1. The third-order valence-corrected chi connectivity index (χ3v) is 2.92. The van der Waals surface area contributed by atoms with Crippen LogP contribution in [0, 0.1) is 0 Å². The van der Waals surface area contributed by atoms with Crippen molar-refractivity contribution in [3.05, 3.63) is 29.8 Å². The topological polar surface area (TPSA) is 61.4 Å². The summed E-state index contributed by atoms with van der Waals surface area (Å²) >= 11 is 0. The van der Waals surface area contributed by atoms with Gasteiger partial charge in [0.05, 0.1) is 12.1 Å². The second-order valence-electron chi connectivity index (χ2n) is 3.94. The normalized spacial score (nSPS) is 23.0. The standard InChI is InChI=1S/C11H11N3O2/c15-10-6-14-9(5-12-10)13-8-4-2-1-3-7(8)11(14)16/h1-4,9,13H,5-6H2,(H,12,15). The molecule has 1 atom stereocenters. The highest BCUT2D eigenvalue weighted by atomic mass is 16.2. The predicted octanol–water partition coefficient (Wildman–Crippen LogP) is 0.0102. The number of hydrogen-bond donors (Lipinski definition) is 2. The van der Waals surface area contributed by atoms with Gasteiger partial charge < -0.3 is 15.5 Å². The molecule has 3 rings (SSSR count). The molecule has 2 amide bonds. The molecule has 0 radical (unpaired) electrons. The Morgan fingerprint density at radius 3 is 2.94 bits per heavy atom. The van der Waals surface area contributed by atoms with Crippen molar-refractivity contribution in [2.45, 2.75) is 6.17 Å². The van der Waals surface area contributed by atoms with Crippen molar-refractivity contribution < 1.29 is 9.59 Å². The molecule has 2 heterocycles. The van der Waals surface area contributed by atoms with Crippen molar-refractivity contribution >= 4 is 17.5 Å². The number of piperazine rings is 1. The molecule has 0 aromatic heterocycles. The first kappa shape index (κ1) is 9.21. The van der Waals surface area contributed by atoms with E-state index in [1.807, 2.05) is 18.2 Å². The van der Waals surface area contributed by atoms with Gasteiger partial charge in [0.15, 0.2) is 0 Å². The van der Waals surface area contributed by atoms with Crippen molar-refractivity contribution in [2.75, 3.05) is 18.4 Å². The molecule has 0 aliphatic carbocycles. The van der Waals surface area contributed by atoms with E-state index in [1.165, 1.54) is 0 Å². The highest BCUT2D eigenvalue weighted by Crippen LogP contribution is 2.25. The van der Waals surface area contributed by atoms with Crippen molar-refractivity contribution in [1.82, 2.24) is 10.2 Å². The summed E-state index contributed by atoms with van der Waals surface area (Å²) in [6, 6.07) is 7.35. The second kappa shape index (κ2) is 3.23. The van der Waals surface area contributed by atoms with Crippen LogP contribution in [0.3, 0.4) is 0 Å². The Hall–Kier alpha value is -2.04. The molecule has 0 spiro atoms. The number of nitrogens with one attached hydrogen (secondary N) is 2. The van der Waals surface area contributed by atoms with E-state index < -0.39 is 0 Å². The summed E-state index contributed by atoms with van der Waals surface area (Å²) in [6.45, 7) is 0.587. The number of fused-ring (bicyclic) bond motifs is 2. The van der Waals surface area contributed by atoms with E-state index in [0.29, 0.717) is 12.1 Å². The van der Waals surface area contributed by atoms with Crippen molar-refractivity contribution in [3.63, 3.8) is 0 Å². The van der Waals surface area contributed by atoms with E-state index in [9.17, 15) is 9.59 Å². The molecule has 0 bridgehead atoms. The monoisotopic (exact) mass is 217 g/mol. The fourth-order valence-electron chi connectivity index (χ4n) is 2.11. The highest BCUT2D eigenvalue weighted by molar-refractivity contribution is 6.03. The number of carbonyl (C=O) groups is 2. The first-order valence-corrected chi connectivity index (χ1v) is 5.19. The van der Waals surface area contributed by atoms with E-state index in [0.717, 1.165) is 5.69 Å². The lowest BCUT2D eigenvalue weighted by Crippen LogP contribution is -2.61. The number of amides is 2. The van der Waals surface area contributed by atoms with E-state index in [4.69, 9.17) is 0 Å². The number of hydrogen-bond acceptors (Lipinski definition) is 3. The first-order valence-electron chi connectivity index (χ1n) is 5.19. The quantitative estimate of drug-likeness (QED) is 0.643. The number of nitrogens with zero attached hydrogens (tertiary/aromatic N) is 1. The van der Waals surface area contributed by atoms with Crippen LogP contribution in [-0.2, 0) is 4.79 Å². The fourth-order valence-corrected chi connectivity index (χ4v) is 2.11. The molecule has 2 aliphatic rings. The maximum Gasteiger partial charge on any atom is 0.258 e. The Bertz CT molecular complexity index is 472. The van der Waals surface area contributed by atoms with Crippen LogP contribution >= 0.6 is 0 Å². The Balaban J connectivity index is 2.01. The van der Waals surface area contributed by atoms with Crippen LogP contribution in [0.5, 0.6) is 0 Å². The molecule has 2 N–H and O–H groups in total.